The van der Waals surface area contributed by atoms with Gasteiger partial charge in [0.25, 0.3) is 5.91 Å². The van der Waals surface area contributed by atoms with Gasteiger partial charge in [0, 0.05) is 17.3 Å². The summed E-state index contributed by atoms with van der Waals surface area (Å²) in [5, 5.41) is 0. The van der Waals surface area contributed by atoms with Crippen LogP contribution in [0, 0.1) is 0 Å². The summed E-state index contributed by atoms with van der Waals surface area (Å²) in [6.45, 7) is 0.731. The molecule has 0 unspecified atom stereocenters. The van der Waals surface area contributed by atoms with Gasteiger partial charge in [-0.25, -0.2) is 4.98 Å². The summed E-state index contributed by atoms with van der Waals surface area (Å²) in [4.78, 5) is 17.3. The molecule has 1 aromatic heterocycles. The molecule has 1 saturated carbocycles. The second kappa shape index (κ2) is 5.91. The van der Waals surface area contributed by atoms with Crippen LogP contribution in [-0.2, 0) is 6.42 Å². The molecule has 1 fully saturated rings. The Bertz CT molecular complexity index is 527. The molecule has 0 spiro atoms. The highest BCUT2D eigenvalue weighted by molar-refractivity contribution is 5.95. The molecule has 2 rings (SSSR count). The zero-order chi connectivity index (χ0) is 15.6. The molecule has 0 radical (unpaired) electrons. The lowest BCUT2D eigenvalue weighted by atomic mass is 10.1. The lowest BCUT2D eigenvalue weighted by Crippen LogP contribution is -2.40. The molecule has 2 N–H and O–H groups in total. The van der Waals surface area contributed by atoms with E-state index in [1.54, 1.807) is 0 Å². The standard InChI is InChI=1S/C14H18F3N3O/c1-2-3-10-6-9(7-12(18)19-10)13(21)20(11-4-5-11)8-14(15,16)17/h6-7,11H,2-5,8H2,1H3,(H2,18,19). The summed E-state index contributed by atoms with van der Waals surface area (Å²) in [7, 11) is 0. The number of rotatable bonds is 5. The SMILES string of the molecule is CCCc1cc(C(=O)N(CC(F)(F)F)C2CC2)cc(N)n1. The van der Waals surface area contributed by atoms with Gasteiger partial charge in [0.2, 0.25) is 0 Å². The van der Waals surface area contributed by atoms with Gasteiger partial charge >= 0.3 is 6.18 Å². The number of aromatic nitrogens is 1. The van der Waals surface area contributed by atoms with E-state index >= 15 is 0 Å². The van der Waals surface area contributed by atoms with Crippen molar-refractivity contribution in [3.63, 3.8) is 0 Å². The molecule has 1 aliphatic carbocycles. The van der Waals surface area contributed by atoms with Crippen LogP contribution in [-0.4, -0.2) is 34.6 Å². The molecule has 7 heteroatoms. The van der Waals surface area contributed by atoms with E-state index < -0.39 is 18.6 Å². The lowest BCUT2D eigenvalue weighted by Gasteiger charge is -2.24. The van der Waals surface area contributed by atoms with E-state index in [4.69, 9.17) is 5.73 Å². The van der Waals surface area contributed by atoms with Crippen molar-refractivity contribution in [3.05, 3.63) is 23.4 Å². The van der Waals surface area contributed by atoms with Crippen LogP contribution in [0.3, 0.4) is 0 Å². The molecular weight excluding hydrogens is 283 g/mol. The maximum atomic E-state index is 12.6. The summed E-state index contributed by atoms with van der Waals surface area (Å²) in [5.41, 5.74) is 6.45. The van der Waals surface area contributed by atoms with Crippen LogP contribution < -0.4 is 5.73 Å². The summed E-state index contributed by atoms with van der Waals surface area (Å²) in [6, 6.07) is 2.56. The second-order valence-corrected chi connectivity index (χ2v) is 5.30. The number of amides is 1. The third-order valence-electron chi connectivity index (χ3n) is 3.25. The van der Waals surface area contributed by atoms with Gasteiger partial charge in [-0.05, 0) is 31.4 Å². The Balaban J connectivity index is 2.24. The first-order valence-corrected chi connectivity index (χ1v) is 6.94. The Morgan fingerprint density at radius 3 is 2.62 bits per heavy atom. The van der Waals surface area contributed by atoms with Crippen molar-refractivity contribution < 1.29 is 18.0 Å². The van der Waals surface area contributed by atoms with Crippen LogP contribution in [0.25, 0.3) is 0 Å². The fourth-order valence-corrected chi connectivity index (χ4v) is 2.23. The zero-order valence-electron chi connectivity index (χ0n) is 11.8. The zero-order valence-corrected chi connectivity index (χ0v) is 11.8. The van der Waals surface area contributed by atoms with Gasteiger partial charge in [0.1, 0.15) is 12.4 Å². The van der Waals surface area contributed by atoms with Crippen molar-refractivity contribution in [2.24, 2.45) is 0 Å². The van der Waals surface area contributed by atoms with Crippen LogP contribution in [0.5, 0.6) is 0 Å². The van der Waals surface area contributed by atoms with E-state index in [2.05, 4.69) is 4.98 Å². The molecule has 21 heavy (non-hydrogen) atoms. The molecule has 0 atom stereocenters. The molecular formula is C14H18F3N3O. The van der Waals surface area contributed by atoms with Crippen LogP contribution in [0.15, 0.2) is 12.1 Å². The highest BCUT2D eigenvalue weighted by atomic mass is 19.4. The van der Waals surface area contributed by atoms with E-state index in [0.29, 0.717) is 25.0 Å². The number of carbonyl (C=O) groups excluding carboxylic acids is 1. The van der Waals surface area contributed by atoms with E-state index in [-0.39, 0.29) is 17.4 Å². The number of halogens is 3. The highest BCUT2D eigenvalue weighted by Gasteiger charge is 2.41. The van der Waals surface area contributed by atoms with Gasteiger partial charge in [-0.3, -0.25) is 4.79 Å². The molecule has 1 amide bonds. The summed E-state index contributed by atoms with van der Waals surface area (Å²) < 4.78 is 37.9. The van der Waals surface area contributed by atoms with Gasteiger partial charge in [0.05, 0.1) is 0 Å². The lowest BCUT2D eigenvalue weighted by molar-refractivity contribution is -0.141. The Kier molecular flexibility index (Phi) is 4.39. The Morgan fingerprint density at radius 1 is 1.43 bits per heavy atom. The number of nitrogens with two attached hydrogens (primary N) is 1. The number of pyridine rings is 1. The minimum atomic E-state index is -4.40. The Labute approximate surface area is 121 Å². The first kappa shape index (κ1) is 15.6. The first-order chi connectivity index (χ1) is 9.80. The molecule has 1 aromatic rings. The quantitative estimate of drug-likeness (QED) is 0.909. The van der Waals surface area contributed by atoms with Gasteiger partial charge < -0.3 is 10.6 Å². The number of carbonyl (C=O) groups is 1. The van der Waals surface area contributed by atoms with E-state index in [9.17, 15) is 18.0 Å². The molecule has 4 nitrogen and oxygen atoms in total. The number of nitrogen functional groups attached to an aromatic ring is 1. The normalized spacial score (nSPS) is 15.0. The largest absolute Gasteiger partial charge is 0.406 e. The smallest absolute Gasteiger partial charge is 0.384 e. The van der Waals surface area contributed by atoms with Crippen molar-refractivity contribution in [1.82, 2.24) is 9.88 Å². The number of hydrogen-bond donors (Lipinski definition) is 1. The fourth-order valence-electron chi connectivity index (χ4n) is 2.23. The molecule has 0 bridgehead atoms. The molecule has 0 aliphatic heterocycles. The third kappa shape index (κ3) is 4.34. The van der Waals surface area contributed by atoms with Crippen molar-refractivity contribution in [2.45, 2.75) is 44.8 Å². The number of alkyl halides is 3. The van der Waals surface area contributed by atoms with E-state index in [1.807, 2.05) is 6.92 Å². The van der Waals surface area contributed by atoms with Crippen molar-refractivity contribution >= 4 is 11.7 Å². The average molecular weight is 301 g/mol. The summed E-state index contributed by atoms with van der Waals surface area (Å²) in [6.07, 6.45) is -1.72. The predicted molar refractivity (Wildman–Crippen MR) is 72.8 cm³/mol. The maximum Gasteiger partial charge on any atom is 0.406 e. The van der Waals surface area contributed by atoms with Crippen LogP contribution >= 0.6 is 0 Å². The number of nitrogens with zero attached hydrogens (tertiary/aromatic N) is 2. The Morgan fingerprint density at radius 2 is 2.10 bits per heavy atom. The summed E-state index contributed by atoms with van der Waals surface area (Å²) >= 11 is 0. The van der Waals surface area contributed by atoms with E-state index in [1.165, 1.54) is 12.1 Å². The van der Waals surface area contributed by atoms with Gasteiger partial charge in [0.15, 0.2) is 0 Å². The monoisotopic (exact) mass is 301 g/mol. The fraction of sp³-hybridized carbons (Fsp3) is 0.571. The number of hydrogen-bond acceptors (Lipinski definition) is 3. The molecule has 1 heterocycles. The topological polar surface area (TPSA) is 59.2 Å². The van der Waals surface area contributed by atoms with Crippen molar-refractivity contribution in [3.8, 4) is 0 Å². The van der Waals surface area contributed by atoms with Gasteiger partial charge in [-0.15, -0.1) is 0 Å². The second-order valence-electron chi connectivity index (χ2n) is 5.30. The van der Waals surface area contributed by atoms with E-state index in [0.717, 1.165) is 11.3 Å². The average Bonchev–Trinajstić information content (AvgIpc) is 3.18. The van der Waals surface area contributed by atoms with Crippen LogP contribution in [0.4, 0.5) is 19.0 Å². The van der Waals surface area contributed by atoms with Crippen LogP contribution in [0.2, 0.25) is 0 Å². The maximum absolute atomic E-state index is 12.6. The van der Waals surface area contributed by atoms with Crippen LogP contribution in [0.1, 0.15) is 42.2 Å². The number of aryl methyl sites for hydroxylation is 1. The summed E-state index contributed by atoms with van der Waals surface area (Å²) in [5.74, 6) is -0.465. The molecule has 116 valence electrons. The highest BCUT2D eigenvalue weighted by Crippen LogP contribution is 2.31. The minimum Gasteiger partial charge on any atom is -0.384 e. The third-order valence-corrected chi connectivity index (χ3v) is 3.25. The predicted octanol–water partition coefficient (Wildman–Crippen LogP) is 2.78. The van der Waals surface area contributed by atoms with Gasteiger partial charge in [-0.2, -0.15) is 13.2 Å². The van der Waals surface area contributed by atoms with Crippen molar-refractivity contribution in [2.75, 3.05) is 12.3 Å². The molecule has 0 saturated heterocycles. The minimum absolute atomic E-state index is 0.159. The molecule has 0 aromatic carbocycles. The number of anilines is 1. The first-order valence-electron chi connectivity index (χ1n) is 6.94. The van der Waals surface area contributed by atoms with Crippen molar-refractivity contribution in [1.29, 1.82) is 0 Å². The van der Waals surface area contributed by atoms with Gasteiger partial charge in [-0.1, -0.05) is 13.3 Å². The molecule has 1 aliphatic rings. The Hall–Kier alpha value is -1.79.